The van der Waals surface area contributed by atoms with Crippen LogP contribution in [0.25, 0.3) is 0 Å². The molecule has 1 aromatic heterocycles. The van der Waals surface area contributed by atoms with Crippen molar-refractivity contribution >= 4 is 17.2 Å². The first-order chi connectivity index (χ1) is 10.2. The van der Waals surface area contributed by atoms with Gasteiger partial charge in [-0.25, -0.2) is 0 Å². The second-order valence-corrected chi connectivity index (χ2v) is 7.26. The zero-order valence-corrected chi connectivity index (χ0v) is 13.4. The molecule has 3 nitrogen and oxygen atoms in total. The van der Waals surface area contributed by atoms with E-state index in [4.69, 9.17) is 0 Å². The van der Waals surface area contributed by atoms with Gasteiger partial charge in [-0.1, -0.05) is 12.1 Å². The van der Waals surface area contributed by atoms with Crippen LogP contribution in [0.2, 0.25) is 0 Å². The molecule has 0 bridgehead atoms. The Morgan fingerprint density at radius 3 is 3.00 bits per heavy atom. The minimum Gasteiger partial charge on any atom is -0.333 e. The van der Waals surface area contributed by atoms with Crippen molar-refractivity contribution in [2.75, 3.05) is 19.6 Å². The number of carbonyl (C=O) groups excluding carboxylic acids is 1. The fourth-order valence-electron chi connectivity index (χ4n) is 3.83. The Balaban J connectivity index is 1.67. The lowest BCUT2D eigenvalue weighted by molar-refractivity contribution is -0.130. The van der Waals surface area contributed by atoms with Crippen molar-refractivity contribution < 1.29 is 4.79 Å². The predicted molar refractivity (Wildman–Crippen MR) is 87.3 cm³/mol. The summed E-state index contributed by atoms with van der Waals surface area (Å²) < 4.78 is 0. The van der Waals surface area contributed by atoms with E-state index in [1.807, 2.05) is 17.4 Å². The molecule has 4 heteroatoms. The second-order valence-electron chi connectivity index (χ2n) is 6.23. The van der Waals surface area contributed by atoms with E-state index in [9.17, 15) is 4.79 Å². The molecule has 1 unspecified atom stereocenters. The molecule has 2 saturated heterocycles. The van der Waals surface area contributed by atoms with Crippen molar-refractivity contribution in [1.82, 2.24) is 9.80 Å². The maximum atomic E-state index is 12.2. The fourth-order valence-corrected chi connectivity index (χ4v) is 4.58. The summed E-state index contributed by atoms with van der Waals surface area (Å²) in [5.41, 5.74) is 0.107. The SMILES string of the molecule is C=CCN1C(=O)CCC12CCCN(Cc1cccs1)CC2. The lowest BCUT2D eigenvalue weighted by Crippen LogP contribution is -2.46. The molecular formula is C17H24N2OS. The zero-order valence-electron chi connectivity index (χ0n) is 12.6. The Hall–Kier alpha value is -1.13. The lowest BCUT2D eigenvalue weighted by atomic mass is 9.88. The maximum absolute atomic E-state index is 12.2. The molecule has 1 atom stereocenters. The highest BCUT2D eigenvalue weighted by molar-refractivity contribution is 7.09. The molecule has 0 aromatic carbocycles. The zero-order chi connectivity index (χ0) is 14.7. The van der Waals surface area contributed by atoms with Gasteiger partial charge in [0.15, 0.2) is 0 Å². The van der Waals surface area contributed by atoms with Crippen molar-refractivity contribution in [3.8, 4) is 0 Å². The molecule has 1 spiro atoms. The Bertz CT molecular complexity index is 499. The van der Waals surface area contributed by atoms with E-state index >= 15 is 0 Å². The molecule has 2 aliphatic heterocycles. The number of hydrogen-bond acceptors (Lipinski definition) is 3. The number of likely N-dealkylation sites (tertiary alicyclic amines) is 2. The summed E-state index contributed by atoms with van der Waals surface area (Å²) in [6.45, 7) is 7.84. The van der Waals surface area contributed by atoms with Gasteiger partial charge in [-0.15, -0.1) is 17.9 Å². The Morgan fingerprint density at radius 1 is 1.33 bits per heavy atom. The Kier molecular flexibility index (Phi) is 4.45. The van der Waals surface area contributed by atoms with Gasteiger partial charge in [-0.05, 0) is 43.7 Å². The largest absolute Gasteiger partial charge is 0.333 e. The van der Waals surface area contributed by atoms with Gasteiger partial charge in [0.2, 0.25) is 5.91 Å². The second kappa shape index (κ2) is 6.32. The van der Waals surface area contributed by atoms with Crippen LogP contribution in [0, 0.1) is 0 Å². The van der Waals surface area contributed by atoms with Crippen molar-refractivity contribution in [2.45, 2.75) is 44.2 Å². The summed E-state index contributed by atoms with van der Waals surface area (Å²) in [5.74, 6) is 0.321. The summed E-state index contributed by atoms with van der Waals surface area (Å²) >= 11 is 1.84. The van der Waals surface area contributed by atoms with E-state index in [-0.39, 0.29) is 5.54 Å². The highest BCUT2D eigenvalue weighted by Crippen LogP contribution is 2.39. The molecule has 0 aliphatic carbocycles. The summed E-state index contributed by atoms with van der Waals surface area (Å²) in [5, 5.41) is 2.15. The minimum absolute atomic E-state index is 0.107. The van der Waals surface area contributed by atoms with Crippen LogP contribution in [0.4, 0.5) is 0 Å². The fraction of sp³-hybridized carbons (Fsp3) is 0.588. The third-order valence-corrected chi connectivity index (χ3v) is 5.82. The predicted octanol–water partition coefficient (Wildman–Crippen LogP) is 3.28. The number of amides is 1. The summed E-state index contributed by atoms with van der Waals surface area (Å²) in [4.78, 5) is 18.3. The molecule has 0 radical (unpaired) electrons. The number of hydrogen-bond donors (Lipinski definition) is 0. The van der Waals surface area contributed by atoms with Crippen LogP contribution < -0.4 is 0 Å². The minimum atomic E-state index is 0.107. The smallest absolute Gasteiger partial charge is 0.223 e. The van der Waals surface area contributed by atoms with Gasteiger partial charge in [0.1, 0.15) is 0 Å². The van der Waals surface area contributed by atoms with Crippen LogP contribution >= 0.6 is 11.3 Å². The van der Waals surface area contributed by atoms with Crippen LogP contribution in [0.15, 0.2) is 30.2 Å². The monoisotopic (exact) mass is 304 g/mol. The average Bonchev–Trinajstić information content (AvgIpc) is 3.02. The topological polar surface area (TPSA) is 23.6 Å². The third kappa shape index (κ3) is 3.06. The van der Waals surface area contributed by atoms with Gasteiger partial charge in [-0.2, -0.15) is 0 Å². The number of rotatable bonds is 4. The molecular weight excluding hydrogens is 280 g/mol. The van der Waals surface area contributed by atoms with Crippen molar-refractivity contribution in [3.63, 3.8) is 0 Å². The molecule has 3 rings (SSSR count). The van der Waals surface area contributed by atoms with E-state index in [0.717, 1.165) is 45.3 Å². The quantitative estimate of drug-likeness (QED) is 0.797. The van der Waals surface area contributed by atoms with Gasteiger partial charge < -0.3 is 4.90 Å². The summed E-state index contributed by atoms with van der Waals surface area (Å²) in [6, 6.07) is 4.34. The third-order valence-electron chi connectivity index (χ3n) is 4.96. The van der Waals surface area contributed by atoms with Gasteiger partial charge in [0.25, 0.3) is 0 Å². The van der Waals surface area contributed by atoms with E-state index in [1.165, 1.54) is 11.3 Å². The number of carbonyl (C=O) groups is 1. The van der Waals surface area contributed by atoms with E-state index in [0.29, 0.717) is 12.5 Å². The summed E-state index contributed by atoms with van der Waals surface area (Å²) in [6.07, 6.45) is 7.07. The molecule has 1 aromatic rings. The average molecular weight is 304 g/mol. The van der Waals surface area contributed by atoms with Crippen LogP contribution in [0.5, 0.6) is 0 Å². The number of nitrogens with zero attached hydrogens (tertiary/aromatic N) is 2. The molecule has 0 N–H and O–H groups in total. The first-order valence-corrected chi connectivity index (χ1v) is 8.78. The van der Waals surface area contributed by atoms with Crippen LogP contribution in [0.1, 0.15) is 37.0 Å². The van der Waals surface area contributed by atoms with Gasteiger partial charge in [0.05, 0.1) is 0 Å². The molecule has 2 aliphatic rings. The first kappa shape index (κ1) is 14.8. The van der Waals surface area contributed by atoms with E-state index in [1.54, 1.807) is 0 Å². The molecule has 3 heterocycles. The van der Waals surface area contributed by atoms with E-state index < -0.39 is 0 Å². The normalized spacial score (nSPS) is 27.2. The van der Waals surface area contributed by atoms with Crippen molar-refractivity contribution in [1.29, 1.82) is 0 Å². The van der Waals surface area contributed by atoms with Gasteiger partial charge in [0, 0.05) is 36.5 Å². The standard InChI is InChI=1S/C17H24N2OS/c1-2-10-19-16(20)6-8-17(19)7-4-11-18(12-9-17)14-15-5-3-13-21-15/h2-3,5,13H,1,4,6-12,14H2. The van der Waals surface area contributed by atoms with Crippen LogP contribution in [0.3, 0.4) is 0 Å². The van der Waals surface area contributed by atoms with Crippen molar-refractivity contribution in [3.05, 3.63) is 35.0 Å². The first-order valence-electron chi connectivity index (χ1n) is 7.90. The Morgan fingerprint density at radius 2 is 2.24 bits per heavy atom. The lowest BCUT2D eigenvalue weighted by Gasteiger charge is -2.37. The molecule has 1 amide bonds. The highest BCUT2D eigenvalue weighted by Gasteiger charge is 2.44. The summed E-state index contributed by atoms with van der Waals surface area (Å²) in [7, 11) is 0. The highest BCUT2D eigenvalue weighted by atomic mass is 32.1. The van der Waals surface area contributed by atoms with Gasteiger partial charge in [-0.3, -0.25) is 9.69 Å². The van der Waals surface area contributed by atoms with Crippen LogP contribution in [-0.4, -0.2) is 40.9 Å². The molecule has 0 saturated carbocycles. The van der Waals surface area contributed by atoms with Gasteiger partial charge >= 0.3 is 0 Å². The van der Waals surface area contributed by atoms with Crippen LogP contribution in [-0.2, 0) is 11.3 Å². The van der Waals surface area contributed by atoms with E-state index in [2.05, 4.69) is 33.9 Å². The maximum Gasteiger partial charge on any atom is 0.223 e. The van der Waals surface area contributed by atoms with Crippen molar-refractivity contribution in [2.24, 2.45) is 0 Å². The molecule has 21 heavy (non-hydrogen) atoms. The Labute approximate surface area is 131 Å². The molecule has 114 valence electrons. The number of thiophene rings is 1. The molecule has 2 fully saturated rings.